The van der Waals surface area contributed by atoms with Crippen molar-refractivity contribution < 1.29 is 14.0 Å². The highest BCUT2D eigenvalue weighted by molar-refractivity contribution is 6.22. The molecule has 0 saturated carbocycles. The fraction of sp³-hybridized carbons (Fsp3) is 0.304. The van der Waals surface area contributed by atoms with Crippen molar-refractivity contribution in [3.63, 3.8) is 0 Å². The standard InChI is InChI=1S/C23H24FN3O2/c24-19-9-4-10-20(16-19)27-22(28)17-21(23(27)29)26-14-12-25(13-15-26)11-5-8-18-6-2-1-3-7-18/h1-10,16,21H,11-15,17H2/b8-5+/t21-/m0/s1. The molecule has 2 aromatic carbocycles. The van der Waals surface area contributed by atoms with Gasteiger partial charge in [0, 0.05) is 32.7 Å². The summed E-state index contributed by atoms with van der Waals surface area (Å²) in [5, 5.41) is 0. The first-order valence-electron chi connectivity index (χ1n) is 9.92. The Morgan fingerprint density at radius 1 is 0.966 bits per heavy atom. The molecule has 0 aromatic heterocycles. The average molecular weight is 393 g/mol. The summed E-state index contributed by atoms with van der Waals surface area (Å²) in [6.45, 7) is 4.02. The van der Waals surface area contributed by atoms with Crippen molar-refractivity contribution in [3.05, 3.63) is 72.1 Å². The first-order valence-corrected chi connectivity index (χ1v) is 9.92. The van der Waals surface area contributed by atoms with Crippen LogP contribution in [0.1, 0.15) is 12.0 Å². The molecule has 1 atom stereocenters. The normalized spacial score (nSPS) is 21.4. The maximum atomic E-state index is 13.5. The van der Waals surface area contributed by atoms with Gasteiger partial charge in [0.25, 0.3) is 5.91 Å². The molecule has 0 radical (unpaired) electrons. The van der Waals surface area contributed by atoms with Gasteiger partial charge >= 0.3 is 0 Å². The van der Waals surface area contributed by atoms with E-state index in [0.717, 1.165) is 37.6 Å². The predicted molar refractivity (Wildman–Crippen MR) is 111 cm³/mol. The molecular formula is C23H24FN3O2. The van der Waals surface area contributed by atoms with Crippen molar-refractivity contribution in [2.24, 2.45) is 0 Å². The Morgan fingerprint density at radius 3 is 2.45 bits per heavy atom. The fourth-order valence-corrected chi connectivity index (χ4v) is 3.95. The van der Waals surface area contributed by atoms with Crippen molar-refractivity contribution in [2.75, 3.05) is 37.6 Å². The summed E-state index contributed by atoms with van der Waals surface area (Å²) in [6.07, 6.45) is 4.42. The Morgan fingerprint density at radius 2 is 1.72 bits per heavy atom. The van der Waals surface area contributed by atoms with Crippen LogP contribution in [0.25, 0.3) is 6.08 Å². The lowest BCUT2D eigenvalue weighted by Crippen LogP contribution is -2.52. The largest absolute Gasteiger partial charge is 0.297 e. The van der Waals surface area contributed by atoms with Gasteiger partial charge in [-0.05, 0) is 23.8 Å². The topological polar surface area (TPSA) is 43.9 Å². The van der Waals surface area contributed by atoms with E-state index >= 15 is 0 Å². The van der Waals surface area contributed by atoms with Gasteiger partial charge in [-0.25, -0.2) is 9.29 Å². The van der Waals surface area contributed by atoms with Crippen LogP contribution in [-0.2, 0) is 9.59 Å². The molecule has 6 heteroatoms. The van der Waals surface area contributed by atoms with E-state index in [-0.39, 0.29) is 18.2 Å². The third-order valence-electron chi connectivity index (χ3n) is 5.51. The lowest BCUT2D eigenvalue weighted by atomic mass is 10.1. The third kappa shape index (κ3) is 4.44. The van der Waals surface area contributed by atoms with Gasteiger partial charge in [-0.3, -0.25) is 19.4 Å². The highest BCUT2D eigenvalue weighted by Crippen LogP contribution is 2.26. The molecule has 2 amide bonds. The van der Waals surface area contributed by atoms with Gasteiger partial charge in [0.15, 0.2) is 0 Å². The summed E-state index contributed by atoms with van der Waals surface area (Å²) in [6, 6.07) is 15.4. The van der Waals surface area contributed by atoms with E-state index in [9.17, 15) is 14.0 Å². The van der Waals surface area contributed by atoms with Crippen LogP contribution in [0, 0.1) is 5.82 Å². The molecule has 5 nitrogen and oxygen atoms in total. The SMILES string of the molecule is O=C1C[C@H](N2CCN(C/C=C/c3ccccc3)CC2)C(=O)N1c1cccc(F)c1. The van der Waals surface area contributed by atoms with Crippen LogP contribution in [-0.4, -0.2) is 60.4 Å². The summed E-state index contributed by atoms with van der Waals surface area (Å²) in [7, 11) is 0. The van der Waals surface area contributed by atoms with E-state index in [1.165, 1.54) is 23.8 Å². The smallest absolute Gasteiger partial charge is 0.251 e. The van der Waals surface area contributed by atoms with Crippen LogP contribution in [0.4, 0.5) is 10.1 Å². The number of rotatable bonds is 5. The molecule has 0 spiro atoms. The van der Waals surface area contributed by atoms with E-state index in [1.54, 1.807) is 6.07 Å². The second-order valence-corrected chi connectivity index (χ2v) is 7.42. The molecule has 2 aliphatic rings. The van der Waals surface area contributed by atoms with Crippen LogP contribution in [0.3, 0.4) is 0 Å². The molecule has 2 fully saturated rings. The average Bonchev–Trinajstić information content (AvgIpc) is 3.03. The zero-order valence-corrected chi connectivity index (χ0v) is 16.2. The van der Waals surface area contributed by atoms with Gasteiger partial charge in [-0.15, -0.1) is 0 Å². The summed E-state index contributed by atoms with van der Waals surface area (Å²) in [5.41, 5.74) is 1.49. The minimum Gasteiger partial charge on any atom is -0.297 e. The molecule has 0 unspecified atom stereocenters. The van der Waals surface area contributed by atoms with Gasteiger partial charge in [0.1, 0.15) is 5.82 Å². The van der Waals surface area contributed by atoms with Crippen molar-refractivity contribution in [3.8, 4) is 0 Å². The third-order valence-corrected chi connectivity index (χ3v) is 5.51. The minimum absolute atomic E-state index is 0.156. The number of halogens is 1. The van der Waals surface area contributed by atoms with Gasteiger partial charge in [0.2, 0.25) is 5.91 Å². The van der Waals surface area contributed by atoms with Crippen LogP contribution in [0.5, 0.6) is 0 Å². The maximum absolute atomic E-state index is 13.5. The minimum atomic E-state index is -0.455. The van der Waals surface area contributed by atoms with E-state index < -0.39 is 11.9 Å². The number of carbonyl (C=O) groups excluding carboxylic acids is 2. The van der Waals surface area contributed by atoms with Gasteiger partial charge < -0.3 is 0 Å². The molecule has 2 aliphatic heterocycles. The first kappa shape index (κ1) is 19.5. The Bertz CT molecular complexity index is 907. The number of piperazine rings is 1. The van der Waals surface area contributed by atoms with Crippen molar-refractivity contribution in [1.29, 1.82) is 0 Å². The summed E-state index contributed by atoms with van der Waals surface area (Å²) in [4.78, 5) is 30.8. The van der Waals surface area contributed by atoms with Gasteiger partial charge in [0.05, 0.1) is 18.2 Å². The summed E-state index contributed by atoms with van der Waals surface area (Å²) < 4.78 is 13.5. The fourth-order valence-electron chi connectivity index (χ4n) is 3.95. The molecule has 150 valence electrons. The number of carbonyl (C=O) groups is 2. The van der Waals surface area contributed by atoms with E-state index in [4.69, 9.17) is 0 Å². The molecule has 2 aromatic rings. The molecule has 0 bridgehead atoms. The zero-order chi connectivity index (χ0) is 20.2. The van der Waals surface area contributed by atoms with Gasteiger partial charge in [-0.1, -0.05) is 48.6 Å². The number of imide groups is 1. The van der Waals surface area contributed by atoms with Crippen LogP contribution >= 0.6 is 0 Å². The van der Waals surface area contributed by atoms with Crippen molar-refractivity contribution >= 4 is 23.6 Å². The predicted octanol–water partition coefficient (Wildman–Crippen LogP) is 2.79. The highest BCUT2D eigenvalue weighted by atomic mass is 19.1. The highest BCUT2D eigenvalue weighted by Gasteiger charge is 2.43. The second-order valence-electron chi connectivity index (χ2n) is 7.42. The second kappa shape index (κ2) is 8.68. The van der Waals surface area contributed by atoms with E-state index in [0.29, 0.717) is 5.69 Å². The maximum Gasteiger partial charge on any atom is 0.251 e. The molecule has 0 N–H and O–H groups in total. The Labute approximate surface area is 170 Å². The number of benzene rings is 2. The molecule has 2 heterocycles. The van der Waals surface area contributed by atoms with Gasteiger partial charge in [-0.2, -0.15) is 0 Å². The number of hydrogen-bond donors (Lipinski definition) is 0. The number of amides is 2. The van der Waals surface area contributed by atoms with Crippen LogP contribution < -0.4 is 4.90 Å². The summed E-state index contributed by atoms with van der Waals surface area (Å²) in [5.74, 6) is -0.972. The number of nitrogens with zero attached hydrogens (tertiary/aromatic N) is 3. The molecule has 0 aliphatic carbocycles. The molecule has 29 heavy (non-hydrogen) atoms. The monoisotopic (exact) mass is 393 g/mol. The number of anilines is 1. The lowest BCUT2D eigenvalue weighted by Gasteiger charge is -2.36. The molecule has 4 rings (SSSR count). The quantitative estimate of drug-likeness (QED) is 0.733. The molecular weight excluding hydrogens is 369 g/mol. The van der Waals surface area contributed by atoms with Crippen molar-refractivity contribution in [1.82, 2.24) is 9.80 Å². The molecule has 2 saturated heterocycles. The zero-order valence-electron chi connectivity index (χ0n) is 16.2. The van der Waals surface area contributed by atoms with Crippen LogP contribution in [0.2, 0.25) is 0 Å². The Kier molecular flexibility index (Phi) is 5.83. The van der Waals surface area contributed by atoms with Crippen molar-refractivity contribution in [2.45, 2.75) is 12.5 Å². The Balaban J connectivity index is 1.32. The lowest BCUT2D eigenvalue weighted by molar-refractivity contribution is -0.123. The van der Waals surface area contributed by atoms with Crippen LogP contribution in [0.15, 0.2) is 60.7 Å². The summed E-state index contributed by atoms with van der Waals surface area (Å²) >= 11 is 0. The first-order chi connectivity index (χ1) is 14.1. The Hall–Kier alpha value is -2.83. The number of hydrogen-bond acceptors (Lipinski definition) is 4. The van der Waals surface area contributed by atoms with E-state index in [1.807, 2.05) is 18.2 Å². The van der Waals surface area contributed by atoms with E-state index in [2.05, 4.69) is 34.1 Å².